The minimum atomic E-state index is 1.13. The normalized spacial score (nSPS) is 10.5. The van der Waals surface area contributed by atoms with Crippen LogP contribution in [-0.4, -0.2) is 0 Å². The Morgan fingerprint density at radius 3 is 1.48 bits per heavy atom. The highest BCUT2D eigenvalue weighted by atomic mass is 32.1. The summed E-state index contributed by atoms with van der Waals surface area (Å²) in [5.41, 5.74) is 8.05. The molecule has 0 aliphatic rings. The predicted octanol–water partition coefficient (Wildman–Crippen LogP) is 19.9. The standard InChI is InChI=1S/C18H14S.C13H10S.C9H16.2C7H8.C3H8.C2H6/c1-11-7-8-14-16-10-12(2)13-5-3-4-6-15(13)18(16)19-17(14)9-11;1-9-6-7-13-11(8-9)10-4-2-3-5-12(10)14-13;1-4-6-8-9(3)7-5-2;2*1-7-5-3-2-4-6-7;1-3-2;1-2/h3-10H,1-2H3;2-8H,1H3;6-8H,4-5H2,1-3H3;2*2-6H,1H3;3H2,1-2H3;1-2H3/b;;8-6-,9-7-;;;;. The van der Waals surface area contributed by atoms with E-state index < -0.39 is 0 Å². The molecular formula is C59H70S2. The number of thiophene rings is 2. The van der Waals surface area contributed by atoms with E-state index >= 15 is 0 Å². The van der Waals surface area contributed by atoms with Gasteiger partial charge in [0, 0.05) is 40.3 Å². The molecule has 0 nitrogen and oxygen atoms in total. The van der Waals surface area contributed by atoms with Gasteiger partial charge < -0.3 is 0 Å². The molecule has 0 unspecified atom stereocenters. The highest BCUT2D eigenvalue weighted by Gasteiger charge is 2.10. The second-order valence-electron chi connectivity index (χ2n) is 15.0. The van der Waals surface area contributed by atoms with Crippen LogP contribution in [0, 0.1) is 34.6 Å². The Kier molecular flexibility index (Phi) is 22.6. The van der Waals surface area contributed by atoms with Gasteiger partial charge in [0.05, 0.1) is 0 Å². The SMILES string of the molecule is CC.CC/C=C\C(C)=C/CC.CCC.Cc1ccc2c(c1)sc1c3ccccc3c(C)cc21.Cc1ccc2sc3ccccc3c2c1.Cc1ccccc1.Cc1ccccc1. The number of allylic oxidation sites excluding steroid dienone is 4. The molecule has 9 aromatic rings. The van der Waals surface area contributed by atoms with Crippen LogP contribution in [0.25, 0.3) is 51.1 Å². The fourth-order valence-corrected chi connectivity index (χ4v) is 8.89. The maximum atomic E-state index is 2.34. The van der Waals surface area contributed by atoms with Gasteiger partial charge in [-0.15, -0.1) is 22.7 Å². The molecule has 2 aromatic heterocycles. The molecular weight excluding hydrogens is 773 g/mol. The Morgan fingerprint density at radius 2 is 0.918 bits per heavy atom. The summed E-state index contributed by atoms with van der Waals surface area (Å²) >= 11 is 3.78. The van der Waals surface area contributed by atoms with Crippen LogP contribution in [-0.2, 0) is 0 Å². The topological polar surface area (TPSA) is 0 Å². The molecule has 0 aliphatic carbocycles. The summed E-state index contributed by atoms with van der Waals surface area (Å²) in [5.74, 6) is 0. The Labute approximate surface area is 377 Å². The fourth-order valence-electron chi connectivity index (χ4n) is 6.49. The second-order valence-corrected chi connectivity index (χ2v) is 17.1. The van der Waals surface area contributed by atoms with Gasteiger partial charge in [0.2, 0.25) is 0 Å². The van der Waals surface area contributed by atoms with Crippen molar-refractivity contribution in [3.8, 4) is 0 Å². The van der Waals surface area contributed by atoms with Crippen LogP contribution >= 0.6 is 22.7 Å². The van der Waals surface area contributed by atoms with Gasteiger partial charge in [0.1, 0.15) is 0 Å². The van der Waals surface area contributed by atoms with Gasteiger partial charge in [-0.05, 0) is 107 Å². The summed E-state index contributed by atoms with van der Waals surface area (Å²) in [7, 11) is 0. The summed E-state index contributed by atoms with van der Waals surface area (Å²) in [6.45, 7) is 25.4. The zero-order valence-electron chi connectivity index (χ0n) is 39.1. The fraction of sp³-hybridized carbons (Fsp3) is 0.254. The summed E-state index contributed by atoms with van der Waals surface area (Å²) in [6, 6.07) is 53.6. The lowest BCUT2D eigenvalue weighted by Gasteiger charge is -2.03. The van der Waals surface area contributed by atoms with Crippen LogP contribution < -0.4 is 0 Å². The molecule has 2 heteroatoms. The minimum Gasteiger partial charge on any atom is -0.135 e. The molecule has 0 aliphatic heterocycles. The van der Waals surface area contributed by atoms with E-state index in [2.05, 4.69) is 203 Å². The first kappa shape index (κ1) is 50.1. The van der Waals surface area contributed by atoms with E-state index in [1.54, 1.807) is 0 Å². The highest BCUT2D eigenvalue weighted by Crippen LogP contribution is 2.40. The van der Waals surface area contributed by atoms with E-state index in [0.717, 1.165) is 12.8 Å². The van der Waals surface area contributed by atoms with Crippen molar-refractivity contribution in [3.05, 3.63) is 203 Å². The third-order valence-electron chi connectivity index (χ3n) is 9.40. The molecule has 0 fully saturated rings. The Bertz CT molecular complexity index is 2630. The highest BCUT2D eigenvalue weighted by molar-refractivity contribution is 7.26. The van der Waals surface area contributed by atoms with Crippen LogP contribution in [0.2, 0.25) is 0 Å². The maximum absolute atomic E-state index is 2.34. The molecule has 9 rings (SSSR count). The van der Waals surface area contributed by atoms with Crippen LogP contribution in [0.15, 0.2) is 175 Å². The predicted molar refractivity (Wildman–Crippen MR) is 284 cm³/mol. The van der Waals surface area contributed by atoms with Gasteiger partial charge in [0.25, 0.3) is 0 Å². The summed E-state index contributed by atoms with van der Waals surface area (Å²) in [6.07, 6.45) is 10.1. The molecule has 0 bridgehead atoms. The quantitative estimate of drug-likeness (QED) is 0.155. The average Bonchev–Trinajstić information content (AvgIpc) is 3.83. The van der Waals surface area contributed by atoms with Crippen molar-refractivity contribution in [2.75, 3.05) is 0 Å². The van der Waals surface area contributed by atoms with Crippen LogP contribution in [0.5, 0.6) is 0 Å². The minimum absolute atomic E-state index is 1.13. The van der Waals surface area contributed by atoms with Crippen molar-refractivity contribution in [2.45, 2.75) is 102 Å². The van der Waals surface area contributed by atoms with E-state index in [9.17, 15) is 0 Å². The van der Waals surface area contributed by atoms with E-state index in [1.807, 2.05) is 72.9 Å². The third-order valence-corrected chi connectivity index (χ3v) is 11.8. The number of aryl methyl sites for hydroxylation is 5. The Morgan fingerprint density at radius 1 is 0.426 bits per heavy atom. The molecule has 0 N–H and O–H groups in total. The molecule has 0 saturated carbocycles. The molecule has 2 heterocycles. The zero-order chi connectivity index (χ0) is 44.6. The average molecular weight is 843 g/mol. The van der Waals surface area contributed by atoms with Crippen LogP contribution in [0.3, 0.4) is 0 Å². The van der Waals surface area contributed by atoms with Crippen molar-refractivity contribution in [1.29, 1.82) is 0 Å². The smallest absolute Gasteiger partial charge is 0.0434 e. The van der Waals surface area contributed by atoms with Gasteiger partial charge in [-0.3, -0.25) is 0 Å². The van der Waals surface area contributed by atoms with Gasteiger partial charge in [-0.25, -0.2) is 0 Å². The molecule has 0 radical (unpaired) electrons. The molecule has 0 spiro atoms. The van der Waals surface area contributed by atoms with Gasteiger partial charge in [0.15, 0.2) is 0 Å². The van der Waals surface area contributed by atoms with Gasteiger partial charge >= 0.3 is 0 Å². The summed E-state index contributed by atoms with van der Waals surface area (Å²) < 4.78 is 5.58. The Balaban J connectivity index is 0.000000209. The number of fused-ring (bicyclic) bond motifs is 8. The second kappa shape index (κ2) is 27.5. The number of hydrogen-bond acceptors (Lipinski definition) is 2. The van der Waals surface area contributed by atoms with E-state index in [0.29, 0.717) is 0 Å². The van der Waals surface area contributed by atoms with E-state index in [-0.39, 0.29) is 0 Å². The van der Waals surface area contributed by atoms with E-state index in [4.69, 9.17) is 0 Å². The number of hydrogen-bond donors (Lipinski definition) is 0. The maximum Gasteiger partial charge on any atom is 0.0434 e. The van der Waals surface area contributed by atoms with Crippen molar-refractivity contribution < 1.29 is 0 Å². The molecule has 0 amide bonds. The lowest BCUT2D eigenvalue weighted by atomic mass is 10.0. The van der Waals surface area contributed by atoms with Crippen LogP contribution in [0.4, 0.5) is 0 Å². The lowest BCUT2D eigenvalue weighted by Crippen LogP contribution is -1.78. The first-order valence-corrected chi connectivity index (χ1v) is 23.8. The van der Waals surface area contributed by atoms with Gasteiger partial charge in [-0.1, -0.05) is 210 Å². The number of rotatable bonds is 3. The summed E-state index contributed by atoms with van der Waals surface area (Å²) in [4.78, 5) is 0. The molecule has 61 heavy (non-hydrogen) atoms. The first-order valence-electron chi connectivity index (χ1n) is 22.2. The van der Waals surface area contributed by atoms with E-state index in [1.165, 1.54) is 90.9 Å². The largest absolute Gasteiger partial charge is 0.135 e. The number of benzene rings is 7. The third kappa shape index (κ3) is 15.9. The first-order chi connectivity index (χ1) is 29.6. The molecule has 0 atom stereocenters. The molecule has 7 aromatic carbocycles. The van der Waals surface area contributed by atoms with Crippen molar-refractivity contribution in [2.24, 2.45) is 0 Å². The van der Waals surface area contributed by atoms with Crippen molar-refractivity contribution in [1.82, 2.24) is 0 Å². The molecule has 318 valence electrons. The van der Waals surface area contributed by atoms with Crippen molar-refractivity contribution in [3.63, 3.8) is 0 Å². The summed E-state index contributed by atoms with van der Waals surface area (Å²) in [5, 5.41) is 8.33. The van der Waals surface area contributed by atoms with Crippen molar-refractivity contribution >= 4 is 73.8 Å². The van der Waals surface area contributed by atoms with Gasteiger partial charge in [-0.2, -0.15) is 0 Å². The van der Waals surface area contributed by atoms with Crippen LogP contribution in [0.1, 0.15) is 95.5 Å². The monoisotopic (exact) mass is 842 g/mol. The zero-order valence-corrected chi connectivity index (χ0v) is 40.7. The molecule has 0 saturated heterocycles. The lowest BCUT2D eigenvalue weighted by molar-refractivity contribution is 1.09. The Hall–Kier alpha value is -5.28.